The fourth-order valence-electron chi connectivity index (χ4n) is 5.24. The number of hydrogen-bond acceptors (Lipinski definition) is 8. The fraction of sp³-hybridized carbons (Fsp3) is 0.467. The number of fused-ring (bicyclic) bond motifs is 1. The van der Waals surface area contributed by atoms with Crippen LogP contribution in [-0.2, 0) is 4.74 Å². The number of rotatable bonds is 5. The Balaban J connectivity index is 1.31. The molecule has 0 radical (unpaired) electrons. The van der Waals surface area contributed by atoms with Gasteiger partial charge in [0.25, 0.3) is 0 Å². The lowest BCUT2D eigenvalue weighted by Crippen LogP contribution is -2.41. The zero-order chi connectivity index (χ0) is 30.2. The van der Waals surface area contributed by atoms with E-state index in [9.17, 15) is 13.6 Å². The standard InChI is InChI=1S/C30H35F3N6O3/c1-17(2)39-12-13-41-26-21(31)14-19(15-23(26)39)25-22(32)16-34-28(37-25)36-24-7-6-20(27(33)35-24)18-8-10-38(11-9-18)29(40)42-30(3,4)5/h6-7,14-18H,8-13H2,1-5H3,(H,34,35,36,37). The van der Waals surface area contributed by atoms with Crippen LogP contribution in [0.3, 0.4) is 0 Å². The molecule has 2 aliphatic heterocycles. The Morgan fingerprint density at radius 2 is 1.81 bits per heavy atom. The SMILES string of the molecule is CC(C)N1CCOc2c(F)cc(-c3nc(Nc4ccc(C5CCN(C(=O)OC(C)(C)C)CC5)c(F)n4)ncc3F)cc21. The van der Waals surface area contributed by atoms with Gasteiger partial charge >= 0.3 is 6.09 Å². The quantitative estimate of drug-likeness (QED) is 0.344. The van der Waals surface area contributed by atoms with Crippen molar-refractivity contribution in [1.29, 1.82) is 0 Å². The molecule has 0 atom stereocenters. The molecule has 1 fully saturated rings. The van der Waals surface area contributed by atoms with Crippen LogP contribution in [0.1, 0.15) is 58.9 Å². The Kier molecular flexibility index (Phi) is 8.16. The van der Waals surface area contributed by atoms with Gasteiger partial charge in [-0.1, -0.05) is 6.07 Å². The number of halogens is 3. The molecular weight excluding hydrogens is 549 g/mol. The summed E-state index contributed by atoms with van der Waals surface area (Å²) in [6.07, 6.45) is 1.75. The van der Waals surface area contributed by atoms with Crippen molar-refractivity contribution in [3.63, 3.8) is 0 Å². The monoisotopic (exact) mass is 584 g/mol. The molecule has 1 N–H and O–H groups in total. The molecule has 1 saturated heterocycles. The number of nitrogens with one attached hydrogen (secondary N) is 1. The topological polar surface area (TPSA) is 92.7 Å². The number of nitrogens with zero attached hydrogens (tertiary/aromatic N) is 5. The summed E-state index contributed by atoms with van der Waals surface area (Å²) in [6.45, 7) is 11.2. The molecule has 1 aromatic carbocycles. The number of likely N-dealkylation sites (tertiary alicyclic amines) is 1. The highest BCUT2D eigenvalue weighted by atomic mass is 19.1. The summed E-state index contributed by atoms with van der Waals surface area (Å²) in [5.74, 6) is -1.86. The number of ether oxygens (including phenoxy) is 2. The molecule has 5 rings (SSSR count). The zero-order valence-corrected chi connectivity index (χ0v) is 24.4. The van der Waals surface area contributed by atoms with E-state index in [1.807, 2.05) is 39.5 Å². The number of piperidine rings is 1. The Morgan fingerprint density at radius 1 is 1.07 bits per heavy atom. The van der Waals surface area contributed by atoms with Crippen molar-refractivity contribution < 1.29 is 27.4 Å². The second kappa shape index (κ2) is 11.7. The lowest BCUT2D eigenvalue weighted by atomic mass is 9.90. The summed E-state index contributed by atoms with van der Waals surface area (Å²) in [6, 6.07) is 6.15. The van der Waals surface area contributed by atoms with Gasteiger partial charge in [0.2, 0.25) is 11.9 Å². The minimum absolute atomic E-state index is 0.0215. The van der Waals surface area contributed by atoms with Crippen LogP contribution in [0.15, 0.2) is 30.5 Å². The zero-order valence-electron chi connectivity index (χ0n) is 24.4. The first-order valence-electron chi connectivity index (χ1n) is 14.1. The van der Waals surface area contributed by atoms with Crippen molar-refractivity contribution in [1.82, 2.24) is 19.9 Å². The van der Waals surface area contributed by atoms with Crippen molar-refractivity contribution in [3.8, 4) is 17.0 Å². The first-order chi connectivity index (χ1) is 19.9. The molecule has 2 aliphatic rings. The number of amides is 1. The number of carbonyl (C=O) groups is 1. The van der Waals surface area contributed by atoms with Gasteiger partial charge in [0, 0.05) is 30.3 Å². The molecular formula is C30H35F3N6O3. The highest BCUT2D eigenvalue weighted by Gasteiger charge is 2.29. The van der Waals surface area contributed by atoms with Gasteiger partial charge in [-0.05, 0) is 71.6 Å². The number of benzene rings is 1. The molecule has 3 aromatic rings. The van der Waals surface area contributed by atoms with Gasteiger partial charge in [0.15, 0.2) is 17.4 Å². The average Bonchev–Trinajstić information content (AvgIpc) is 2.93. The molecule has 224 valence electrons. The highest BCUT2D eigenvalue weighted by molar-refractivity contribution is 5.73. The van der Waals surface area contributed by atoms with Crippen LogP contribution < -0.4 is 15.0 Å². The van der Waals surface area contributed by atoms with E-state index in [1.54, 1.807) is 23.1 Å². The Bertz CT molecular complexity index is 1470. The molecule has 2 aromatic heterocycles. The van der Waals surface area contributed by atoms with Gasteiger partial charge in [-0.2, -0.15) is 4.39 Å². The van der Waals surface area contributed by atoms with E-state index in [4.69, 9.17) is 9.47 Å². The maximum absolute atomic E-state index is 15.1. The van der Waals surface area contributed by atoms with Gasteiger partial charge in [0.05, 0.1) is 18.4 Å². The van der Waals surface area contributed by atoms with E-state index in [0.717, 1.165) is 6.20 Å². The second-order valence-electron chi connectivity index (χ2n) is 11.8. The second-order valence-corrected chi connectivity index (χ2v) is 11.8. The number of pyridine rings is 1. The van der Waals surface area contributed by atoms with Crippen LogP contribution in [0.4, 0.5) is 35.4 Å². The van der Waals surface area contributed by atoms with Crippen LogP contribution in [0.25, 0.3) is 11.3 Å². The van der Waals surface area contributed by atoms with Crippen molar-refractivity contribution in [2.24, 2.45) is 0 Å². The average molecular weight is 585 g/mol. The van der Waals surface area contributed by atoms with Crippen molar-refractivity contribution in [2.75, 3.05) is 36.5 Å². The maximum atomic E-state index is 15.1. The number of hydrogen-bond donors (Lipinski definition) is 1. The normalized spacial score (nSPS) is 15.8. The van der Waals surface area contributed by atoms with Gasteiger partial charge in [0.1, 0.15) is 23.7 Å². The Hall–Kier alpha value is -4.09. The predicted octanol–water partition coefficient (Wildman–Crippen LogP) is 6.42. The van der Waals surface area contributed by atoms with E-state index < -0.39 is 23.2 Å². The van der Waals surface area contributed by atoms with E-state index in [2.05, 4.69) is 20.3 Å². The van der Waals surface area contributed by atoms with E-state index in [-0.39, 0.29) is 46.8 Å². The molecule has 1 amide bonds. The summed E-state index contributed by atoms with van der Waals surface area (Å²) in [5.41, 5.74) is 0.499. The molecule has 0 aliphatic carbocycles. The summed E-state index contributed by atoms with van der Waals surface area (Å²) in [5, 5.41) is 2.82. The van der Waals surface area contributed by atoms with Crippen LogP contribution in [-0.4, -0.2) is 63.8 Å². The molecule has 0 spiro atoms. The first-order valence-corrected chi connectivity index (χ1v) is 14.1. The summed E-state index contributed by atoms with van der Waals surface area (Å²) >= 11 is 0. The summed E-state index contributed by atoms with van der Waals surface area (Å²) < 4.78 is 55.9. The van der Waals surface area contributed by atoms with E-state index in [0.29, 0.717) is 50.3 Å². The molecule has 12 heteroatoms. The van der Waals surface area contributed by atoms with Crippen molar-refractivity contribution in [3.05, 3.63) is 53.6 Å². The molecule has 9 nitrogen and oxygen atoms in total. The van der Waals surface area contributed by atoms with Crippen molar-refractivity contribution >= 4 is 23.5 Å². The molecule has 4 heterocycles. The predicted molar refractivity (Wildman–Crippen MR) is 153 cm³/mol. The minimum atomic E-state index is -0.736. The van der Waals surface area contributed by atoms with Gasteiger partial charge in [-0.15, -0.1) is 0 Å². The number of aromatic nitrogens is 3. The number of anilines is 3. The fourth-order valence-corrected chi connectivity index (χ4v) is 5.24. The molecule has 0 bridgehead atoms. The lowest BCUT2D eigenvalue weighted by Gasteiger charge is -2.34. The molecule has 42 heavy (non-hydrogen) atoms. The van der Waals surface area contributed by atoms with Crippen molar-refractivity contribution in [2.45, 2.75) is 65.0 Å². The third-order valence-corrected chi connectivity index (χ3v) is 7.26. The Morgan fingerprint density at radius 3 is 2.48 bits per heavy atom. The smallest absolute Gasteiger partial charge is 0.410 e. The molecule has 0 saturated carbocycles. The first kappa shape index (κ1) is 29.4. The van der Waals surface area contributed by atoms with Crippen LogP contribution in [0.5, 0.6) is 5.75 Å². The van der Waals surface area contributed by atoms with Crippen LogP contribution in [0, 0.1) is 17.6 Å². The third kappa shape index (κ3) is 6.37. The highest BCUT2D eigenvalue weighted by Crippen LogP contribution is 2.39. The lowest BCUT2D eigenvalue weighted by molar-refractivity contribution is 0.0204. The maximum Gasteiger partial charge on any atom is 0.410 e. The number of carbonyl (C=O) groups excluding carboxylic acids is 1. The van der Waals surface area contributed by atoms with E-state index in [1.165, 1.54) is 6.07 Å². The van der Waals surface area contributed by atoms with Gasteiger partial charge in [-0.25, -0.2) is 28.5 Å². The van der Waals surface area contributed by atoms with Gasteiger partial charge < -0.3 is 24.6 Å². The van der Waals surface area contributed by atoms with Crippen LogP contribution >= 0.6 is 0 Å². The summed E-state index contributed by atoms with van der Waals surface area (Å²) in [7, 11) is 0. The third-order valence-electron chi connectivity index (χ3n) is 7.26. The van der Waals surface area contributed by atoms with Crippen LogP contribution in [0.2, 0.25) is 0 Å². The molecule has 0 unspecified atom stereocenters. The minimum Gasteiger partial charge on any atom is -0.486 e. The summed E-state index contributed by atoms with van der Waals surface area (Å²) in [4.78, 5) is 28.2. The van der Waals surface area contributed by atoms with Gasteiger partial charge in [-0.3, -0.25) is 0 Å². The van der Waals surface area contributed by atoms with E-state index >= 15 is 4.39 Å². The largest absolute Gasteiger partial charge is 0.486 e. The Labute approximate surface area is 243 Å².